The van der Waals surface area contributed by atoms with Crippen molar-refractivity contribution in [3.63, 3.8) is 0 Å². The van der Waals surface area contributed by atoms with E-state index in [9.17, 15) is 0 Å². The van der Waals surface area contributed by atoms with Gasteiger partial charge in [0.2, 0.25) is 0 Å². The summed E-state index contributed by atoms with van der Waals surface area (Å²) in [5, 5.41) is 2.67. The maximum Gasteiger partial charge on any atom is 0.139 e. The van der Waals surface area contributed by atoms with Gasteiger partial charge in [0.05, 0.1) is 0 Å². The minimum atomic E-state index is -0.157. The van der Waals surface area contributed by atoms with Crippen molar-refractivity contribution in [1.29, 1.82) is 0 Å². The van der Waals surface area contributed by atoms with Gasteiger partial charge in [-0.3, -0.25) is 0 Å². The normalized spacial score (nSPS) is 13.5. The zero-order valence-corrected chi connectivity index (χ0v) is 27.5. The highest BCUT2D eigenvalue weighted by molar-refractivity contribution is 7.26. The first-order valence-corrected chi connectivity index (χ1v) is 16.6. The highest BCUT2D eigenvalue weighted by Crippen LogP contribution is 2.52. The number of para-hydroxylation sites is 2. The van der Waals surface area contributed by atoms with Gasteiger partial charge in [-0.2, -0.15) is 0 Å². The summed E-state index contributed by atoms with van der Waals surface area (Å²) in [5.74, 6) is 1.92. The number of aryl methyl sites for hydroxylation is 2. The predicted molar refractivity (Wildman–Crippen MR) is 193 cm³/mol. The van der Waals surface area contributed by atoms with Crippen molar-refractivity contribution >= 4 is 31.5 Å². The Kier molecular flexibility index (Phi) is 6.31. The second-order valence-corrected chi connectivity index (χ2v) is 14.1. The Hall–Kier alpha value is -4.66. The SMILES string of the molecule is Cc1ccc(-c2ccc(C)c(-c3cccc4c3sc3ccccc34)c2C)c(C)c1-c1cccc2c1Oc1ccccc1C2(C)C. The van der Waals surface area contributed by atoms with Crippen LogP contribution in [0.1, 0.15) is 47.2 Å². The van der Waals surface area contributed by atoms with Crippen LogP contribution in [0.15, 0.2) is 109 Å². The van der Waals surface area contributed by atoms with E-state index in [4.69, 9.17) is 4.74 Å². The molecule has 0 atom stereocenters. The van der Waals surface area contributed by atoms with Crippen molar-refractivity contribution in [1.82, 2.24) is 0 Å². The molecule has 6 aromatic carbocycles. The van der Waals surface area contributed by atoms with E-state index in [2.05, 4.69) is 151 Å². The second-order valence-electron chi connectivity index (χ2n) is 13.0. The fourth-order valence-electron chi connectivity index (χ4n) is 7.71. The van der Waals surface area contributed by atoms with Crippen molar-refractivity contribution in [3.8, 4) is 44.9 Å². The summed E-state index contributed by atoms with van der Waals surface area (Å²) >= 11 is 1.90. The van der Waals surface area contributed by atoms with Gasteiger partial charge in [0.25, 0.3) is 0 Å². The number of rotatable bonds is 3. The summed E-state index contributed by atoms with van der Waals surface area (Å²) in [6.07, 6.45) is 0. The van der Waals surface area contributed by atoms with Crippen molar-refractivity contribution in [3.05, 3.63) is 143 Å². The lowest BCUT2D eigenvalue weighted by Gasteiger charge is -2.35. The zero-order valence-electron chi connectivity index (χ0n) is 26.7. The van der Waals surface area contributed by atoms with Gasteiger partial charge in [-0.05, 0) is 84.3 Å². The third kappa shape index (κ3) is 4.12. The largest absolute Gasteiger partial charge is 0.456 e. The monoisotopic (exact) mass is 600 g/mol. The standard InChI is InChI=1S/C43H36OS/c1-25-21-23-29(27(3)39(25)33-15-12-18-36-41(33)44-37-19-9-8-17-35(37)43(36,5)6)30-24-22-26(2)40(28(30)4)34-16-11-14-32-31-13-7-10-20-38(31)45-42(32)34/h7-24H,1-6H3. The van der Waals surface area contributed by atoms with Crippen LogP contribution in [0.5, 0.6) is 11.5 Å². The van der Waals surface area contributed by atoms with E-state index >= 15 is 0 Å². The van der Waals surface area contributed by atoms with E-state index in [1.807, 2.05) is 11.3 Å². The van der Waals surface area contributed by atoms with Gasteiger partial charge in [0.1, 0.15) is 11.5 Å². The van der Waals surface area contributed by atoms with Crippen LogP contribution < -0.4 is 4.74 Å². The maximum atomic E-state index is 6.74. The molecule has 220 valence electrons. The summed E-state index contributed by atoms with van der Waals surface area (Å²) < 4.78 is 9.44. The molecule has 0 aliphatic carbocycles. The topological polar surface area (TPSA) is 9.23 Å². The average molecular weight is 601 g/mol. The molecule has 0 unspecified atom stereocenters. The summed E-state index contributed by atoms with van der Waals surface area (Å²) in [6.45, 7) is 13.7. The predicted octanol–water partition coefficient (Wildman–Crippen LogP) is 12.7. The highest BCUT2D eigenvalue weighted by atomic mass is 32.1. The molecule has 0 bridgehead atoms. The molecule has 2 heteroatoms. The Morgan fingerprint density at radius 1 is 0.511 bits per heavy atom. The molecule has 8 rings (SSSR count). The summed E-state index contributed by atoms with van der Waals surface area (Å²) in [4.78, 5) is 0. The number of thiophene rings is 1. The van der Waals surface area contributed by atoms with E-state index in [1.54, 1.807) is 0 Å². The van der Waals surface area contributed by atoms with Crippen molar-refractivity contribution in [2.75, 3.05) is 0 Å². The molecule has 1 aromatic heterocycles. The Morgan fingerprint density at radius 3 is 1.84 bits per heavy atom. The molecule has 0 N–H and O–H groups in total. The number of ether oxygens (including phenoxy) is 1. The third-order valence-corrected chi connectivity index (χ3v) is 11.3. The van der Waals surface area contributed by atoms with E-state index in [0.717, 1.165) is 17.1 Å². The molecule has 1 aliphatic rings. The summed E-state index contributed by atoms with van der Waals surface area (Å²) in [7, 11) is 0. The molecule has 0 saturated heterocycles. The molecule has 0 spiro atoms. The van der Waals surface area contributed by atoms with E-state index in [0.29, 0.717) is 0 Å². The molecule has 0 amide bonds. The second kappa shape index (κ2) is 10.2. The lowest BCUT2D eigenvalue weighted by atomic mass is 9.74. The van der Waals surface area contributed by atoms with Crippen molar-refractivity contribution in [2.24, 2.45) is 0 Å². The Bertz CT molecular complexity index is 2320. The number of benzene rings is 6. The van der Waals surface area contributed by atoms with Gasteiger partial charge in [-0.15, -0.1) is 11.3 Å². The van der Waals surface area contributed by atoms with Crippen LogP contribution in [-0.2, 0) is 5.41 Å². The van der Waals surface area contributed by atoms with Crippen LogP contribution in [0.2, 0.25) is 0 Å². The number of hydrogen-bond donors (Lipinski definition) is 0. The third-order valence-electron chi connectivity index (χ3n) is 10.0. The summed E-state index contributed by atoms with van der Waals surface area (Å²) in [6, 6.07) is 39.9. The average Bonchev–Trinajstić information content (AvgIpc) is 3.42. The molecule has 7 aromatic rings. The molecule has 1 aliphatic heterocycles. The van der Waals surface area contributed by atoms with Gasteiger partial charge in [0, 0.05) is 47.8 Å². The first-order chi connectivity index (χ1) is 21.8. The lowest BCUT2D eigenvalue weighted by Crippen LogP contribution is -2.24. The quantitative estimate of drug-likeness (QED) is 0.196. The van der Waals surface area contributed by atoms with E-state index < -0.39 is 0 Å². The fourth-order valence-corrected chi connectivity index (χ4v) is 8.94. The highest BCUT2D eigenvalue weighted by Gasteiger charge is 2.35. The van der Waals surface area contributed by atoms with Crippen LogP contribution >= 0.6 is 11.3 Å². The molecule has 0 saturated carbocycles. The lowest BCUT2D eigenvalue weighted by molar-refractivity contribution is 0.419. The molecule has 0 radical (unpaired) electrons. The molecular weight excluding hydrogens is 565 g/mol. The molecular formula is C43H36OS. The molecule has 2 heterocycles. The maximum absolute atomic E-state index is 6.74. The minimum Gasteiger partial charge on any atom is -0.456 e. The van der Waals surface area contributed by atoms with Crippen LogP contribution in [-0.4, -0.2) is 0 Å². The van der Waals surface area contributed by atoms with Crippen LogP contribution in [0.3, 0.4) is 0 Å². The van der Waals surface area contributed by atoms with E-state index in [1.165, 1.54) is 81.4 Å². The van der Waals surface area contributed by atoms with Gasteiger partial charge < -0.3 is 4.74 Å². The van der Waals surface area contributed by atoms with Crippen LogP contribution in [0.25, 0.3) is 53.6 Å². The first kappa shape index (κ1) is 27.9. The smallest absolute Gasteiger partial charge is 0.139 e. The Morgan fingerprint density at radius 2 is 1.09 bits per heavy atom. The Balaban J connectivity index is 1.32. The molecule has 45 heavy (non-hydrogen) atoms. The zero-order chi connectivity index (χ0) is 31.0. The van der Waals surface area contributed by atoms with Crippen LogP contribution in [0.4, 0.5) is 0 Å². The fraction of sp³-hybridized carbons (Fsp3) is 0.163. The van der Waals surface area contributed by atoms with Gasteiger partial charge in [-0.1, -0.05) is 111 Å². The first-order valence-electron chi connectivity index (χ1n) is 15.8. The van der Waals surface area contributed by atoms with Gasteiger partial charge in [-0.25, -0.2) is 0 Å². The van der Waals surface area contributed by atoms with E-state index in [-0.39, 0.29) is 5.41 Å². The van der Waals surface area contributed by atoms with Crippen LogP contribution in [0, 0.1) is 27.7 Å². The Labute approximate surface area is 269 Å². The molecule has 1 nitrogen and oxygen atoms in total. The molecule has 0 fully saturated rings. The minimum absolute atomic E-state index is 0.157. The van der Waals surface area contributed by atoms with Crippen molar-refractivity contribution in [2.45, 2.75) is 47.0 Å². The van der Waals surface area contributed by atoms with Gasteiger partial charge in [0.15, 0.2) is 0 Å². The van der Waals surface area contributed by atoms with Gasteiger partial charge >= 0.3 is 0 Å². The number of hydrogen-bond acceptors (Lipinski definition) is 2. The van der Waals surface area contributed by atoms with Crippen molar-refractivity contribution < 1.29 is 4.74 Å². The number of fused-ring (bicyclic) bond motifs is 5. The summed E-state index contributed by atoms with van der Waals surface area (Å²) in [5.41, 5.74) is 15.1.